The number of rotatable bonds is 9. The van der Waals surface area contributed by atoms with Gasteiger partial charge in [0.05, 0.1) is 6.54 Å². The second-order valence-electron chi connectivity index (χ2n) is 6.24. The number of nitrogens with one attached hydrogen (secondary N) is 2. The van der Waals surface area contributed by atoms with E-state index in [1.807, 2.05) is 11.8 Å². The molecule has 1 aliphatic rings. The van der Waals surface area contributed by atoms with Gasteiger partial charge in [-0.3, -0.25) is 9.79 Å². The van der Waals surface area contributed by atoms with Gasteiger partial charge < -0.3 is 20.4 Å². The topological polar surface area (TPSA) is 60.0 Å². The predicted octanol–water partition coefficient (Wildman–Crippen LogP) is 1.90. The van der Waals surface area contributed by atoms with Crippen molar-refractivity contribution in [2.24, 2.45) is 4.99 Å². The van der Waals surface area contributed by atoms with Crippen LogP contribution in [0.1, 0.15) is 46.5 Å². The number of hydrogen-bond donors (Lipinski definition) is 2. The standard InChI is InChI=1S/C17H35N5O.HI/c1-5-8-11-21(4)13-10-19-17(18-7-3)20-15-9-12-22(14-15)16(23)6-2;/h15H,5-14H2,1-4H3,(H2,18,19,20);1H. The van der Waals surface area contributed by atoms with Crippen LogP contribution in [0.3, 0.4) is 0 Å². The number of carbonyl (C=O) groups is 1. The number of halogens is 1. The molecule has 24 heavy (non-hydrogen) atoms. The Labute approximate surface area is 164 Å². The second kappa shape index (κ2) is 13.7. The summed E-state index contributed by atoms with van der Waals surface area (Å²) in [6.45, 7) is 11.6. The summed E-state index contributed by atoms with van der Waals surface area (Å²) in [4.78, 5) is 20.7. The Morgan fingerprint density at radius 2 is 2.04 bits per heavy atom. The molecule has 1 atom stereocenters. The van der Waals surface area contributed by atoms with Gasteiger partial charge in [0.2, 0.25) is 5.91 Å². The highest BCUT2D eigenvalue weighted by Crippen LogP contribution is 2.10. The average molecular weight is 453 g/mol. The number of likely N-dealkylation sites (tertiary alicyclic amines) is 1. The highest BCUT2D eigenvalue weighted by molar-refractivity contribution is 14.0. The molecule has 0 aliphatic carbocycles. The highest BCUT2D eigenvalue weighted by atomic mass is 127. The van der Waals surface area contributed by atoms with Crippen molar-refractivity contribution in [2.75, 3.05) is 46.3 Å². The lowest BCUT2D eigenvalue weighted by molar-refractivity contribution is -0.129. The summed E-state index contributed by atoms with van der Waals surface area (Å²) in [5.74, 6) is 1.11. The van der Waals surface area contributed by atoms with E-state index in [-0.39, 0.29) is 29.9 Å². The Hall–Kier alpha value is -0.570. The van der Waals surface area contributed by atoms with Gasteiger partial charge in [0.1, 0.15) is 0 Å². The molecule has 1 fully saturated rings. The van der Waals surface area contributed by atoms with Crippen molar-refractivity contribution >= 4 is 35.8 Å². The monoisotopic (exact) mass is 453 g/mol. The first-order valence-electron chi connectivity index (χ1n) is 9.11. The van der Waals surface area contributed by atoms with Crippen molar-refractivity contribution in [3.8, 4) is 0 Å². The van der Waals surface area contributed by atoms with Crippen LogP contribution in [0, 0.1) is 0 Å². The van der Waals surface area contributed by atoms with Gasteiger partial charge in [0.25, 0.3) is 0 Å². The smallest absolute Gasteiger partial charge is 0.222 e. The van der Waals surface area contributed by atoms with Crippen LogP contribution < -0.4 is 10.6 Å². The number of amides is 1. The molecule has 1 saturated heterocycles. The van der Waals surface area contributed by atoms with E-state index in [9.17, 15) is 4.79 Å². The molecule has 1 heterocycles. The summed E-state index contributed by atoms with van der Waals surface area (Å²) < 4.78 is 0. The van der Waals surface area contributed by atoms with Gasteiger partial charge >= 0.3 is 0 Å². The van der Waals surface area contributed by atoms with Crippen molar-refractivity contribution in [2.45, 2.75) is 52.5 Å². The number of guanidine groups is 1. The zero-order valence-electron chi connectivity index (χ0n) is 15.8. The molecule has 7 heteroatoms. The Balaban J connectivity index is 0.00000529. The average Bonchev–Trinajstić information content (AvgIpc) is 3.00. The van der Waals surface area contributed by atoms with E-state index < -0.39 is 0 Å². The molecule has 142 valence electrons. The molecule has 0 aromatic carbocycles. The highest BCUT2D eigenvalue weighted by Gasteiger charge is 2.25. The summed E-state index contributed by atoms with van der Waals surface area (Å²) in [6.07, 6.45) is 4.05. The first-order valence-corrected chi connectivity index (χ1v) is 9.11. The Morgan fingerprint density at radius 1 is 1.29 bits per heavy atom. The van der Waals surface area contributed by atoms with Gasteiger partial charge in [-0.05, 0) is 33.4 Å². The number of carbonyl (C=O) groups excluding carboxylic acids is 1. The maximum atomic E-state index is 11.8. The van der Waals surface area contributed by atoms with Gasteiger partial charge in [0, 0.05) is 38.6 Å². The molecule has 0 radical (unpaired) electrons. The van der Waals surface area contributed by atoms with Gasteiger partial charge in [-0.15, -0.1) is 24.0 Å². The van der Waals surface area contributed by atoms with Crippen LogP contribution >= 0.6 is 24.0 Å². The molecule has 1 amide bonds. The van der Waals surface area contributed by atoms with Gasteiger partial charge in [0.15, 0.2) is 5.96 Å². The molecule has 0 aromatic rings. The predicted molar refractivity (Wildman–Crippen MR) is 112 cm³/mol. The van der Waals surface area contributed by atoms with Crippen molar-refractivity contribution in [3.63, 3.8) is 0 Å². The second-order valence-corrected chi connectivity index (χ2v) is 6.24. The summed E-state index contributed by atoms with van der Waals surface area (Å²) in [7, 11) is 2.15. The summed E-state index contributed by atoms with van der Waals surface area (Å²) in [5, 5.41) is 6.77. The van der Waals surface area contributed by atoms with Crippen molar-refractivity contribution in [3.05, 3.63) is 0 Å². The summed E-state index contributed by atoms with van der Waals surface area (Å²) >= 11 is 0. The van der Waals surface area contributed by atoms with Gasteiger partial charge in [-0.25, -0.2) is 0 Å². The molecule has 0 aromatic heterocycles. The lowest BCUT2D eigenvalue weighted by Gasteiger charge is -2.19. The van der Waals surface area contributed by atoms with Crippen LogP contribution in [0.4, 0.5) is 0 Å². The van der Waals surface area contributed by atoms with Crippen LogP contribution in [0.2, 0.25) is 0 Å². The molecule has 2 N–H and O–H groups in total. The van der Waals surface area contributed by atoms with Crippen LogP contribution in [0.15, 0.2) is 4.99 Å². The van der Waals surface area contributed by atoms with Crippen molar-refractivity contribution in [1.82, 2.24) is 20.4 Å². The van der Waals surface area contributed by atoms with Gasteiger partial charge in [-0.1, -0.05) is 20.3 Å². The maximum absolute atomic E-state index is 11.8. The Kier molecular flexibility index (Phi) is 13.4. The fraction of sp³-hybridized carbons (Fsp3) is 0.882. The number of hydrogen-bond acceptors (Lipinski definition) is 3. The first-order chi connectivity index (χ1) is 11.1. The van der Waals surface area contributed by atoms with E-state index in [0.29, 0.717) is 12.5 Å². The minimum atomic E-state index is 0. The third-order valence-electron chi connectivity index (χ3n) is 4.17. The van der Waals surface area contributed by atoms with E-state index >= 15 is 0 Å². The fourth-order valence-corrected chi connectivity index (χ4v) is 2.71. The molecule has 0 bridgehead atoms. The molecular formula is C17H36IN5O. The number of unbranched alkanes of at least 4 members (excludes halogenated alkanes) is 1. The summed E-state index contributed by atoms with van der Waals surface area (Å²) in [5.41, 5.74) is 0. The largest absolute Gasteiger partial charge is 0.357 e. The lowest BCUT2D eigenvalue weighted by Crippen LogP contribution is -2.45. The zero-order chi connectivity index (χ0) is 17.1. The number of aliphatic imine (C=N–C) groups is 1. The molecule has 0 spiro atoms. The third kappa shape index (κ3) is 9.05. The molecule has 1 unspecified atom stereocenters. The van der Waals surface area contributed by atoms with E-state index in [0.717, 1.165) is 51.6 Å². The zero-order valence-corrected chi connectivity index (χ0v) is 18.1. The number of likely N-dealkylation sites (N-methyl/N-ethyl adjacent to an activating group) is 1. The Morgan fingerprint density at radius 3 is 2.67 bits per heavy atom. The maximum Gasteiger partial charge on any atom is 0.222 e. The molecule has 1 rings (SSSR count). The fourth-order valence-electron chi connectivity index (χ4n) is 2.71. The van der Waals surface area contributed by atoms with E-state index in [1.165, 1.54) is 12.8 Å². The minimum absolute atomic E-state index is 0. The molecule has 0 saturated carbocycles. The van der Waals surface area contributed by atoms with Crippen molar-refractivity contribution in [1.29, 1.82) is 0 Å². The first kappa shape index (κ1) is 23.4. The van der Waals surface area contributed by atoms with E-state index in [4.69, 9.17) is 0 Å². The minimum Gasteiger partial charge on any atom is -0.357 e. The molecule has 1 aliphatic heterocycles. The van der Waals surface area contributed by atoms with Crippen LogP contribution in [-0.2, 0) is 4.79 Å². The van der Waals surface area contributed by atoms with Crippen molar-refractivity contribution < 1.29 is 4.79 Å². The third-order valence-corrected chi connectivity index (χ3v) is 4.17. The quantitative estimate of drug-likeness (QED) is 0.318. The number of nitrogens with zero attached hydrogens (tertiary/aromatic N) is 3. The van der Waals surface area contributed by atoms with Crippen LogP contribution in [0.25, 0.3) is 0 Å². The Bertz CT molecular complexity index is 378. The molecule has 6 nitrogen and oxygen atoms in total. The SMILES string of the molecule is CCCCN(C)CCN=C(NCC)NC1CCN(C(=O)CC)C1.I. The molecular weight excluding hydrogens is 417 g/mol. The van der Waals surface area contributed by atoms with Crippen LogP contribution in [0.5, 0.6) is 0 Å². The lowest BCUT2D eigenvalue weighted by atomic mass is 10.3. The summed E-state index contributed by atoms with van der Waals surface area (Å²) in [6, 6.07) is 0.307. The van der Waals surface area contributed by atoms with E-state index in [1.54, 1.807) is 0 Å². The normalized spacial score (nSPS) is 17.8. The van der Waals surface area contributed by atoms with Gasteiger partial charge in [-0.2, -0.15) is 0 Å². The van der Waals surface area contributed by atoms with Crippen LogP contribution in [-0.4, -0.2) is 74.0 Å². The van der Waals surface area contributed by atoms with E-state index in [2.05, 4.69) is 41.4 Å².